The fourth-order valence-electron chi connectivity index (χ4n) is 4.72. The summed E-state index contributed by atoms with van der Waals surface area (Å²) >= 11 is 0. The highest BCUT2D eigenvalue weighted by molar-refractivity contribution is 5.79. The predicted octanol–water partition coefficient (Wildman–Crippen LogP) is 5.38. The zero-order valence-electron chi connectivity index (χ0n) is 20.0. The quantitative estimate of drug-likeness (QED) is 0.159. The number of esters is 1. The molecule has 0 aliphatic heterocycles. The summed E-state index contributed by atoms with van der Waals surface area (Å²) < 4.78 is 10.1. The highest BCUT2D eigenvalue weighted by Gasteiger charge is 2.50. The number of carbonyl (C=O) groups excluding carboxylic acids is 1. The van der Waals surface area contributed by atoms with Gasteiger partial charge in [-0.25, -0.2) is 4.79 Å². The summed E-state index contributed by atoms with van der Waals surface area (Å²) in [5.41, 5.74) is -0.930. The van der Waals surface area contributed by atoms with Crippen molar-refractivity contribution in [3.63, 3.8) is 0 Å². The number of unbranched alkanes of at least 4 members (excludes halogenated alkanes) is 5. The Kier molecular flexibility index (Phi) is 12.2. The SMILES string of the molecule is CCCCCCCC[C@H]1CC[C@H](O)[C@@H]1CCC=CC(C)(C)C(O)(OC)C(=O)OCC. The molecule has 176 valence electrons. The van der Waals surface area contributed by atoms with Crippen LogP contribution in [0, 0.1) is 17.3 Å². The standard InChI is InChI=1S/C25H46O5/c1-6-8-9-10-11-12-15-20-17-18-22(26)21(20)16-13-14-19-24(3,4)25(28,29-5)23(27)30-7-2/h14,19-22,26,28H,6-13,15-18H2,1-5H3/t20-,21+,22-,25?/m0/s1. The first kappa shape index (κ1) is 27.1. The lowest BCUT2D eigenvalue weighted by Crippen LogP contribution is -2.53. The Morgan fingerprint density at radius 2 is 1.73 bits per heavy atom. The average Bonchev–Trinajstić information content (AvgIpc) is 3.06. The first-order chi connectivity index (χ1) is 14.2. The van der Waals surface area contributed by atoms with Gasteiger partial charge in [0.05, 0.1) is 12.7 Å². The van der Waals surface area contributed by atoms with E-state index in [0.29, 0.717) is 11.8 Å². The number of hydrogen-bond acceptors (Lipinski definition) is 5. The molecule has 0 aromatic rings. The normalized spacial score (nSPS) is 24.3. The van der Waals surface area contributed by atoms with E-state index in [-0.39, 0.29) is 12.7 Å². The molecule has 1 aliphatic rings. The van der Waals surface area contributed by atoms with Crippen LogP contribution in [0.4, 0.5) is 0 Å². The molecule has 30 heavy (non-hydrogen) atoms. The highest BCUT2D eigenvalue weighted by atomic mass is 16.7. The molecule has 4 atom stereocenters. The van der Waals surface area contributed by atoms with Crippen LogP contribution < -0.4 is 0 Å². The van der Waals surface area contributed by atoms with Crippen molar-refractivity contribution in [1.82, 2.24) is 0 Å². The molecule has 0 saturated heterocycles. The zero-order valence-corrected chi connectivity index (χ0v) is 20.0. The molecule has 0 aromatic heterocycles. The van der Waals surface area contributed by atoms with Crippen molar-refractivity contribution in [3.05, 3.63) is 12.2 Å². The molecule has 1 rings (SSSR count). The van der Waals surface area contributed by atoms with E-state index in [1.165, 1.54) is 52.1 Å². The molecular formula is C25H46O5. The van der Waals surface area contributed by atoms with Crippen LogP contribution in [0.5, 0.6) is 0 Å². The number of aliphatic hydroxyl groups is 2. The Hall–Kier alpha value is -0.910. The van der Waals surface area contributed by atoms with Gasteiger partial charge in [-0.2, -0.15) is 0 Å². The van der Waals surface area contributed by atoms with E-state index in [2.05, 4.69) is 6.92 Å². The van der Waals surface area contributed by atoms with Crippen LogP contribution in [0.25, 0.3) is 0 Å². The van der Waals surface area contributed by atoms with Crippen LogP contribution in [0.3, 0.4) is 0 Å². The third kappa shape index (κ3) is 7.65. The molecule has 0 heterocycles. The maximum absolute atomic E-state index is 12.2. The van der Waals surface area contributed by atoms with Gasteiger partial charge in [-0.3, -0.25) is 0 Å². The molecule has 0 radical (unpaired) electrons. The summed E-state index contributed by atoms with van der Waals surface area (Å²) in [6.07, 6.45) is 16.5. The molecule has 5 nitrogen and oxygen atoms in total. The van der Waals surface area contributed by atoms with Crippen molar-refractivity contribution >= 4 is 5.97 Å². The van der Waals surface area contributed by atoms with Gasteiger partial charge in [0.1, 0.15) is 0 Å². The van der Waals surface area contributed by atoms with E-state index < -0.39 is 17.2 Å². The third-order valence-electron chi connectivity index (χ3n) is 6.78. The summed E-state index contributed by atoms with van der Waals surface area (Å²) in [6.45, 7) is 7.65. The van der Waals surface area contributed by atoms with Crippen molar-refractivity contribution in [1.29, 1.82) is 0 Å². The van der Waals surface area contributed by atoms with Crippen molar-refractivity contribution in [3.8, 4) is 0 Å². The van der Waals surface area contributed by atoms with Crippen LogP contribution in [0.1, 0.15) is 98.3 Å². The summed E-state index contributed by atoms with van der Waals surface area (Å²) in [7, 11) is 1.31. The minimum absolute atomic E-state index is 0.184. The van der Waals surface area contributed by atoms with Crippen LogP contribution in [-0.4, -0.2) is 41.8 Å². The van der Waals surface area contributed by atoms with E-state index in [1.807, 2.05) is 12.2 Å². The lowest BCUT2D eigenvalue weighted by atomic mass is 9.81. The Labute approximate surface area is 184 Å². The fourth-order valence-corrected chi connectivity index (χ4v) is 4.72. The van der Waals surface area contributed by atoms with Gasteiger partial charge < -0.3 is 19.7 Å². The maximum atomic E-state index is 12.2. The summed E-state index contributed by atoms with van der Waals surface area (Å²) in [6, 6.07) is 0. The number of carbonyl (C=O) groups is 1. The molecule has 1 fully saturated rings. The van der Waals surface area contributed by atoms with E-state index in [9.17, 15) is 15.0 Å². The van der Waals surface area contributed by atoms with Crippen molar-refractivity contribution in [2.24, 2.45) is 17.3 Å². The number of ether oxygens (including phenoxy) is 2. The molecule has 0 amide bonds. The number of aliphatic hydroxyl groups excluding tert-OH is 1. The van der Waals surface area contributed by atoms with Crippen LogP contribution in [0.15, 0.2) is 12.2 Å². The van der Waals surface area contributed by atoms with E-state index in [0.717, 1.165) is 25.7 Å². The number of allylic oxidation sites excluding steroid dienone is 1. The predicted molar refractivity (Wildman–Crippen MR) is 121 cm³/mol. The largest absolute Gasteiger partial charge is 0.462 e. The fraction of sp³-hybridized carbons (Fsp3) is 0.880. The van der Waals surface area contributed by atoms with E-state index in [1.54, 1.807) is 20.8 Å². The van der Waals surface area contributed by atoms with Gasteiger partial charge >= 0.3 is 5.97 Å². The van der Waals surface area contributed by atoms with Gasteiger partial charge in [-0.05, 0) is 44.4 Å². The molecule has 5 heteroatoms. The topological polar surface area (TPSA) is 76.0 Å². The zero-order chi connectivity index (χ0) is 22.6. The lowest BCUT2D eigenvalue weighted by Gasteiger charge is -2.36. The molecule has 1 unspecified atom stereocenters. The van der Waals surface area contributed by atoms with Crippen molar-refractivity contribution < 1.29 is 24.5 Å². The summed E-state index contributed by atoms with van der Waals surface area (Å²) in [5, 5.41) is 21.2. The Bertz CT molecular complexity index is 516. The first-order valence-corrected chi connectivity index (χ1v) is 12.0. The monoisotopic (exact) mass is 426 g/mol. The molecule has 1 saturated carbocycles. The summed E-state index contributed by atoms with van der Waals surface area (Å²) in [5.74, 6) is -1.83. The van der Waals surface area contributed by atoms with E-state index in [4.69, 9.17) is 9.47 Å². The second kappa shape index (κ2) is 13.5. The van der Waals surface area contributed by atoms with E-state index >= 15 is 0 Å². The number of rotatable bonds is 15. The first-order valence-electron chi connectivity index (χ1n) is 12.0. The molecule has 0 spiro atoms. The highest BCUT2D eigenvalue weighted by Crippen LogP contribution is 2.39. The van der Waals surface area contributed by atoms with Crippen LogP contribution >= 0.6 is 0 Å². The molecule has 0 bridgehead atoms. The Morgan fingerprint density at radius 1 is 1.07 bits per heavy atom. The number of hydrogen-bond donors (Lipinski definition) is 2. The molecule has 0 aromatic carbocycles. The maximum Gasteiger partial charge on any atom is 0.367 e. The third-order valence-corrected chi connectivity index (χ3v) is 6.78. The minimum atomic E-state index is -2.02. The molecular weight excluding hydrogens is 380 g/mol. The van der Waals surface area contributed by atoms with Gasteiger partial charge in [-0.1, -0.05) is 77.9 Å². The number of methoxy groups -OCH3 is 1. The summed E-state index contributed by atoms with van der Waals surface area (Å²) in [4.78, 5) is 12.2. The smallest absolute Gasteiger partial charge is 0.367 e. The van der Waals surface area contributed by atoms with Crippen molar-refractivity contribution in [2.45, 2.75) is 110 Å². The Balaban J connectivity index is 2.53. The minimum Gasteiger partial charge on any atom is -0.462 e. The van der Waals surface area contributed by atoms with Gasteiger partial charge in [0.15, 0.2) is 0 Å². The molecule has 1 aliphatic carbocycles. The van der Waals surface area contributed by atoms with Crippen LogP contribution in [-0.2, 0) is 14.3 Å². The van der Waals surface area contributed by atoms with Crippen LogP contribution in [0.2, 0.25) is 0 Å². The molecule has 2 N–H and O–H groups in total. The van der Waals surface area contributed by atoms with Gasteiger partial charge in [0.2, 0.25) is 0 Å². The lowest BCUT2D eigenvalue weighted by molar-refractivity contribution is -0.249. The second-order valence-electron chi connectivity index (χ2n) is 9.40. The van der Waals surface area contributed by atoms with Gasteiger partial charge in [-0.15, -0.1) is 0 Å². The average molecular weight is 427 g/mol. The van der Waals surface area contributed by atoms with Gasteiger partial charge in [0.25, 0.3) is 5.79 Å². The van der Waals surface area contributed by atoms with Gasteiger partial charge in [0, 0.05) is 12.5 Å². The Morgan fingerprint density at radius 3 is 2.37 bits per heavy atom. The second-order valence-corrected chi connectivity index (χ2v) is 9.40. The van der Waals surface area contributed by atoms with Crippen molar-refractivity contribution in [2.75, 3.05) is 13.7 Å².